The van der Waals surface area contributed by atoms with E-state index >= 15 is 0 Å². The van der Waals surface area contributed by atoms with Gasteiger partial charge in [-0.25, -0.2) is 0 Å². The third-order valence-electron chi connectivity index (χ3n) is 8.42. The normalized spacial score (nSPS) is 11.7. The standard InChI is InChI=1S/C40H25NOS/c1-3-11-26(12-4-1)34-23-27-13-7-8-16-31(27)40-39(34)35-24-29(20-22-38(35)43-40)41(28-14-5-2-6-15-28)30-19-21-33-32-17-9-10-18-36(32)42-37(33)25-30/h1-25H. The van der Waals surface area contributed by atoms with Crippen LogP contribution in [0.1, 0.15) is 0 Å². The molecule has 0 fully saturated rings. The van der Waals surface area contributed by atoms with Crippen LogP contribution in [0, 0.1) is 0 Å². The first kappa shape index (κ1) is 24.2. The van der Waals surface area contributed by atoms with Crippen LogP contribution in [0.15, 0.2) is 156 Å². The molecule has 0 amide bonds. The van der Waals surface area contributed by atoms with Gasteiger partial charge in [-0.15, -0.1) is 11.3 Å². The van der Waals surface area contributed by atoms with E-state index < -0.39 is 0 Å². The minimum absolute atomic E-state index is 0.888. The summed E-state index contributed by atoms with van der Waals surface area (Å²) in [5.74, 6) is 0. The quantitative estimate of drug-likeness (QED) is 0.210. The van der Waals surface area contributed by atoms with E-state index in [1.54, 1.807) is 0 Å². The first-order valence-electron chi connectivity index (χ1n) is 14.5. The number of para-hydroxylation sites is 2. The molecule has 0 aliphatic rings. The van der Waals surface area contributed by atoms with E-state index in [9.17, 15) is 0 Å². The molecule has 0 saturated carbocycles. The second-order valence-corrected chi connectivity index (χ2v) is 12.0. The molecule has 3 heteroatoms. The average Bonchev–Trinajstić information content (AvgIpc) is 3.64. The lowest BCUT2D eigenvalue weighted by Crippen LogP contribution is -2.09. The van der Waals surface area contributed by atoms with E-state index in [2.05, 4.69) is 144 Å². The molecule has 0 atom stereocenters. The molecule has 43 heavy (non-hydrogen) atoms. The number of hydrogen-bond acceptors (Lipinski definition) is 3. The van der Waals surface area contributed by atoms with Crippen molar-refractivity contribution in [3.8, 4) is 11.1 Å². The summed E-state index contributed by atoms with van der Waals surface area (Å²) in [6.45, 7) is 0. The van der Waals surface area contributed by atoms with Crippen molar-refractivity contribution in [2.24, 2.45) is 0 Å². The van der Waals surface area contributed by atoms with Gasteiger partial charge < -0.3 is 9.32 Å². The van der Waals surface area contributed by atoms with Crippen molar-refractivity contribution in [2.75, 3.05) is 4.90 Å². The van der Waals surface area contributed by atoms with Crippen molar-refractivity contribution in [3.63, 3.8) is 0 Å². The lowest BCUT2D eigenvalue weighted by molar-refractivity contribution is 0.669. The Kier molecular flexibility index (Phi) is 5.40. The number of thiophene rings is 1. The molecule has 9 rings (SSSR count). The maximum Gasteiger partial charge on any atom is 0.137 e. The highest BCUT2D eigenvalue weighted by atomic mass is 32.1. The van der Waals surface area contributed by atoms with Crippen LogP contribution < -0.4 is 4.90 Å². The Hall–Kier alpha value is -5.38. The van der Waals surface area contributed by atoms with E-state index in [0.717, 1.165) is 39.0 Å². The predicted molar refractivity (Wildman–Crippen MR) is 184 cm³/mol. The number of benzene rings is 7. The SMILES string of the molecule is c1ccc(-c2cc3ccccc3c3sc4ccc(N(c5ccccc5)c5ccc6c(c5)oc5ccccc56)cc4c23)cc1. The summed E-state index contributed by atoms with van der Waals surface area (Å²) in [5, 5.41) is 7.43. The van der Waals surface area contributed by atoms with Crippen LogP contribution in [0.2, 0.25) is 0 Å². The van der Waals surface area contributed by atoms with Crippen molar-refractivity contribution in [1.82, 2.24) is 0 Å². The number of hydrogen-bond donors (Lipinski definition) is 0. The highest BCUT2D eigenvalue weighted by Crippen LogP contribution is 2.47. The van der Waals surface area contributed by atoms with Crippen molar-refractivity contribution < 1.29 is 4.42 Å². The van der Waals surface area contributed by atoms with E-state index in [1.807, 2.05) is 23.5 Å². The molecule has 2 aromatic heterocycles. The monoisotopic (exact) mass is 567 g/mol. The first-order valence-corrected chi connectivity index (χ1v) is 15.3. The first-order chi connectivity index (χ1) is 21.3. The summed E-state index contributed by atoms with van der Waals surface area (Å²) in [6.07, 6.45) is 0. The average molecular weight is 568 g/mol. The molecular weight excluding hydrogens is 543 g/mol. The maximum absolute atomic E-state index is 6.31. The van der Waals surface area contributed by atoms with Gasteiger partial charge in [0.15, 0.2) is 0 Å². The van der Waals surface area contributed by atoms with Gasteiger partial charge in [0, 0.05) is 54.1 Å². The molecule has 7 aromatic carbocycles. The van der Waals surface area contributed by atoms with Crippen LogP contribution in [0.25, 0.3) is 64.0 Å². The summed E-state index contributed by atoms with van der Waals surface area (Å²) in [4.78, 5) is 2.33. The molecule has 0 saturated heterocycles. The van der Waals surface area contributed by atoms with E-state index in [1.165, 1.54) is 42.1 Å². The highest BCUT2D eigenvalue weighted by Gasteiger charge is 2.19. The van der Waals surface area contributed by atoms with Crippen molar-refractivity contribution >= 4 is 81.3 Å². The topological polar surface area (TPSA) is 16.4 Å². The Morgan fingerprint density at radius 1 is 0.465 bits per heavy atom. The fourth-order valence-corrected chi connectivity index (χ4v) is 7.71. The van der Waals surface area contributed by atoms with Crippen LogP contribution in [0.3, 0.4) is 0 Å². The van der Waals surface area contributed by atoms with Crippen molar-refractivity contribution in [1.29, 1.82) is 0 Å². The molecule has 2 heterocycles. The molecule has 0 N–H and O–H groups in total. The van der Waals surface area contributed by atoms with Crippen molar-refractivity contribution in [3.05, 3.63) is 152 Å². The molecule has 0 spiro atoms. The van der Waals surface area contributed by atoms with Gasteiger partial charge >= 0.3 is 0 Å². The maximum atomic E-state index is 6.31. The lowest BCUT2D eigenvalue weighted by atomic mass is 9.95. The van der Waals surface area contributed by atoms with Gasteiger partial charge in [0.2, 0.25) is 0 Å². The number of fused-ring (bicyclic) bond motifs is 8. The molecule has 202 valence electrons. The van der Waals surface area contributed by atoms with Gasteiger partial charge in [-0.1, -0.05) is 91.0 Å². The summed E-state index contributed by atoms with van der Waals surface area (Å²) < 4.78 is 8.93. The lowest BCUT2D eigenvalue weighted by Gasteiger charge is -2.25. The number of anilines is 3. The second-order valence-electron chi connectivity index (χ2n) is 10.9. The Labute approximate surface area is 252 Å². The zero-order chi connectivity index (χ0) is 28.3. The molecule has 0 aliphatic heterocycles. The van der Waals surface area contributed by atoms with Gasteiger partial charge in [-0.05, 0) is 76.5 Å². The van der Waals surface area contributed by atoms with Crippen LogP contribution in [-0.2, 0) is 0 Å². The largest absolute Gasteiger partial charge is 0.456 e. The van der Waals surface area contributed by atoms with E-state index in [0.29, 0.717) is 0 Å². The summed E-state index contributed by atoms with van der Waals surface area (Å²) in [7, 11) is 0. The predicted octanol–water partition coefficient (Wildman–Crippen LogP) is 12.2. The van der Waals surface area contributed by atoms with Crippen LogP contribution in [0.4, 0.5) is 17.1 Å². The Bertz CT molecular complexity index is 2460. The Morgan fingerprint density at radius 3 is 2.00 bits per heavy atom. The van der Waals surface area contributed by atoms with Gasteiger partial charge in [-0.2, -0.15) is 0 Å². The molecule has 0 bridgehead atoms. The van der Waals surface area contributed by atoms with E-state index in [-0.39, 0.29) is 0 Å². The minimum Gasteiger partial charge on any atom is -0.456 e. The third kappa shape index (κ3) is 3.86. The highest BCUT2D eigenvalue weighted by molar-refractivity contribution is 7.26. The number of furan rings is 1. The Morgan fingerprint density at radius 2 is 1.14 bits per heavy atom. The fourth-order valence-electron chi connectivity index (χ4n) is 6.46. The van der Waals surface area contributed by atoms with E-state index in [4.69, 9.17) is 4.42 Å². The summed E-state index contributed by atoms with van der Waals surface area (Å²) in [6, 6.07) is 54.2. The fraction of sp³-hybridized carbons (Fsp3) is 0. The minimum atomic E-state index is 0.888. The van der Waals surface area contributed by atoms with Gasteiger partial charge in [0.25, 0.3) is 0 Å². The number of nitrogens with zero attached hydrogens (tertiary/aromatic N) is 1. The van der Waals surface area contributed by atoms with Gasteiger partial charge in [-0.3, -0.25) is 0 Å². The zero-order valence-corrected chi connectivity index (χ0v) is 24.0. The zero-order valence-electron chi connectivity index (χ0n) is 23.2. The van der Waals surface area contributed by atoms with Crippen LogP contribution in [0.5, 0.6) is 0 Å². The number of rotatable bonds is 4. The molecule has 0 aliphatic carbocycles. The summed E-state index contributed by atoms with van der Waals surface area (Å²) in [5.41, 5.74) is 7.58. The summed E-state index contributed by atoms with van der Waals surface area (Å²) >= 11 is 1.88. The van der Waals surface area contributed by atoms with Crippen molar-refractivity contribution in [2.45, 2.75) is 0 Å². The van der Waals surface area contributed by atoms with Crippen LogP contribution in [-0.4, -0.2) is 0 Å². The van der Waals surface area contributed by atoms with Crippen LogP contribution >= 0.6 is 11.3 Å². The van der Waals surface area contributed by atoms with Gasteiger partial charge in [0.1, 0.15) is 11.2 Å². The second kappa shape index (κ2) is 9.59. The smallest absolute Gasteiger partial charge is 0.137 e. The third-order valence-corrected chi connectivity index (χ3v) is 9.63. The molecule has 2 nitrogen and oxygen atoms in total. The molecule has 0 radical (unpaired) electrons. The Balaban J connectivity index is 1.31. The van der Waals surface area contributed by atoms with Gasteiger partial charge in [0.05, 0.1) is 0 Å². The molecule has 0 unspecified atom stereocenters. The molecule has 9 aromatic rings. The molecular formula is C40H25NOS.